The number of nitrogens with one attached hydrogen (secondary N) is 4. The van der Waals surface area contributed by atoms with Crippen molar-refractivity contribution < 1.29 is 42.2 Å². The molecule has 0 aromatic heterocycles. The number of aliphatic hydroxyl groups is 1. The van der Waals surface area contributed by atoms with Crippen molar-refractivity contribution in [3.63, 3.8) is 0 Å². The zero-order valence-electron chi connectivity index (χ0n) is 43.7. The van der Waals surface area contributed by atoms with E-state index in [4.69, 9.17) is 0 Å². The fraction of sp³-hybridized carbons (Fsp3) is 0.295. The Morgan fingerprint density at radius 2 is 0.987 bits per heavy atom. The lowest BCUT2D eigenvalue weighted by Crippen LogP contribution is -2.59. The van der Waals surface area contributed by atoms with Crippen LogP contribution in [0.15, 0.2) is 194 Å². The van der Waals surface area contributed by atoms with Crippen LogP contribution in [0.4, 0.5) is 0 Å². The van der Waals surface area contributed by atoms with E-state index in [2.05, 4.69) is 62.4 Å². The van der Waals surface area contributed by atoms with Gasteiger partial charge in [-0.3, -0.25) is 24.0 Å². The number of ether oxygens (including phenoxy) is 1. The van der Waals surface area contributed by atoms with E-state index in [1.54, 1.807) is 25.6 Å². The lowest BCUT2D eigenvalue weighted by molar-refractivity contribution is -0.141. The van der Waals surface area contributed by atoms with Crippen LogP contribution in [0, 0.1) is 5.92 Å². The summed E-state index contributed by atoms with van der Waals surface area (Å²) in [4.78, 5) is 68.5. The van der Waals surface area contributed by atoms with Gasteiger partial charge in [0.15, 0.2) is 0 Å². The first-order chi connectivity index (χ1) is 37.1. The van der Waals surface area contributed by atoms with Crippen molar-refractivity contribution in [1.29, 1.82) is 0 Å². The predicted octanol–water partition coefficient (Wildman–Crippen LogP) is 7.97. The summed E-state index contributed by atoms with van der Waals surface area (Å²) < 4.78 is 28.3. The van der Waals surface area contributed by atoms with Gasteiger partial charge < -0.3 is 31.1 Å². The van der Waals surface area contributed by atoms with Crippen LogP contribution in [-0.4, -0.2) is 105 Å². The molecule has 0 radical (unpaired) electrons. The highest BCUT2D eigenvalue weighted by molar-refractivity contribution is 8.01. The maximum atomic E-state index is 14.7. The minimum Gasteiger partial charge on any atom is -0.468 e. The summed E-state index contributed by atoms with van der Waals surface area (Å²) in [5, 5.41) is 21.9. The van der Waals surface area contributed by atoms with Gasteiger partial charge in [-0.25, -0.2) is 8.42 Å². The molecule has 0 fully saturated rings. The number of thioether (sulfide) groups is 2. The van der Waals surface area contributed by atoms with Crippen molar-refractivity contribution >= 4 is 63.0 Å². The largest absolute Gasteiger partial charge is 0.468 e. The van der Waals surface area contributed by atoms with Gasteiger partial charge in [0.1, 0.15) is 34.5 Å². The van der Waals surface area contributed by atoms with Gasteiger partial charge in [-0.05, 0) is 57.9 Å². The average molecular weight is 1100 g/mol. The molecule has 0 bridgehead atoms. The molecule has 0 heterocycles. The molecule has 6 aromatic rings. The molecule has 0 saturated heterocycles. The summed E-state index contributed by atoms with van der Waals surface area (Å²) in [5.41, 5.74) is 5.96. The number of allylic oxidation sites excluding steroid dienone is 1. The average Bonchev–Trinajstić information content (AvgIpc) is 3.47. The highest BCUT2D eigenvalue weighted by Crippen LogP contribution is 2.50. The van der Waals surface area contributed by atoms with Crippen LogP contribution in [0.2, 0.25) is 0 Å². The van der Waals surface area contributed by atoms with Crippen LogP contribution in [0.3, 0.4) is 0 Å². The number of carbonyl (C=O) groups excluding carboxylic acids is 5. The Labute approximate surface area is 461 Å². The molecule has 6 aromatic carbocycles. The summed E-state index contributed by atoms with van der Waals surface area (Å²) in [6, 6.07) is 55.9. The predicted molar refractivity (Wildman–Crippen MR) is 308 cm³/mol. The Morgan fingerprint density at radius 3 is 1.38 bits per heavy atom. The Hall–Kier alpha value is -6.98. The standard InChI is InChI=1S/C61H68N4O9S3/c1-44(2)56(59(71)62-42-55(68)74-3)65-58(70)53(43-76-61(48-31-17-8-18-32-48,49-33-19-9-20-34-49)50-35-21-10-22-36-50)64-57(69)52(38-40-77(4,72)73)63-54(67)41-51(66)37-23-24-39-75-60(45-25-11-5-12-26-45,46-27-13-6-14-28-46)47-29-15-7-16-30-47/h5-23,25-37,44,51-53,56,66H,24,38-43H2,1-4H3,(H,62,71)(H,63,67)(H,64,69)(H,65,70)/b37-23+/t51-,52-,53-,56-/m1/s1. The molecule has 16 heteroatoms. The number of methoxy groups -OCH3 is 1. The van der Waals surface area contributed by atoms with E-state index in [1.807, 2.05) is 152 Å². The molecule has 0 aliphatic heterocycles. The molecule has 4 amide bonds. The van der Waals surface area contributed by atoms with Crippen LogP contribution in [0.25, 0.3) is 0 Å². The topological polar surface area (TPSA) is 197 Å². The third kappa shape index (κ3) is 16.5. The normalized spacial score (nSPS) is 13.4. The molecule has 0 aliphatic rings. The summed E-state index contributed by atoms with van der Waals surface area (Å²) in [6.07, 6.45) is 2.85. The van der Waals surface area contributed by atoms with Crippen LogP contribution in [0.1, 0.15) is 66.5 Å². The van der Waals surface area contributed by atoms with Crippen LogP contribution >= 0.6 is 23.5 Å². The number of rotatable bonds is 28. The Bertz CT molecular complexity index is 2780. The third-order valence-corrected chi connectivity index (χ3v) is 17.0. The summed E-state index contributed by atoms with van der Waals surface area (Å²) in [6.45, 7) is 2.98. The van der Waals surface area contributed by atoms with Gasteiger partial charge in [0, 0.05) is 12.0 Å². The monoisotopic (exact) mass is 1100 g/mol. The second-order valence-electron chi connectivity index (χ2n) is 18.8. The van der Waals surface area contributed by atoms with Crippen molar-refractivity contribution in [2.75, 3.05) is 37.2 Å². The maximum Gasteiger partial charge on any atom is 0.325 e. The molecule has 13 nitrogen and oxygen atoms in total. The second-order valence-corrected chi connectivity index (χ2v) is 23.6. The van der Waals surface area contributed by atoms with E-state index in [0.717, 1.165) is 39.6 Å². The fourth-order valence-corrected chi connectivity index (χ4v) is 12.7. The number of aliphatic hydroxyl groups excluding tert-OH is 1. The van der Waals surface area contributed by atoms with Crippen LogP contribution in [-0.2, 0) is 48.0 Å². The minimum atomic E-state index is -3.66. The third-order valence-electron chi connectivity index (χ3n) is 12.8. The number of sulfone groups is 1. The van der Waals surface area contributed by atoms with Crippen molar-refractivity contribution in [3.05, 3.63) is 228 Å². The Morgan fingerprint density at radius 1 is 0.584 bits per heavy atom. The molecule has 77 heavy (non-hydrogen) atoms. The first kappa shape index (κ1) is 59.3. The van der Waals surface area contributed by atoms with Gasteiger partial charge in [-0.15, -0.1) is 23.5 Å². The van der Waals surface area contributed by atoms with Gasteiger partial charge in [0.05, 0.1) is 34.9 Å². The molecule has 5 N–H and O–H groups in total. The Balaban J connectivity index is 1.23. The van der Waals surface area contributed by atoms with Crippen LogP contribution < -0.4 is 21.3 Å². The maximum absolute atomic E-state index is 14.7. The SMILES string of the molecule is COC(=O)CNC(=O)[C@H](NC(=O)[C@@H](CSC(c1ccccc1)(c1ccccc1)c1ccccc1)NC(=O)[C@@H](CCS(C)(=O)=O)NC(=O)C[C@H](O)/C=C/CCSC(c1ccccc1)(c1ccccc1)c1ccccc1)C(C)C. The van der Waals surface area contributed by atoms with Crippen molar-refractivity contribution in [2.45, 2.75) is 66.8 Å². The lowest BCUT2D eigenvalue weighted by atomic mass is 9.84. The van der Waals surface area contributed by atoms with Crippen molar-refractivity contribution in [1.82, 2.24) is 21.3 Å². The van der Waals surface area contributed by atoms with E-state index >= 15 is 0 Å². The first-order valence-electron chi connectivity index (χ1n) is 25.5. The molecule has 6 rings (SSSR count). The molecular formula is C61H68N4O9S3. The zero-order chi connectivity index (χ0) is 55.3. The molecule has 404 valence electrons. The summed E-state index contributed by atoms with van der Waals surface area (Å²) in [5.74, 6) is -4.10. The highest BCUT2D eigenvalue weighted by Gasteiger charge is 2.40. The minimum absolute atomic E-state index is 0.0947. The number of hydrogen-bond donors (Lipinski definition) is 5. The van der Waals surface area contributed by atoms with Crippen molar-refractivity contribution in [3.8, 4) is 0 Å². The number of benzene rings is 6. The van der Waals surface area contributed by atoms with E-state index in [1.165, 1.54) is 24.9 Å². The second kappa shape index (κ2) is 29.0. The van der Waals surface area contributed by atoms with Gasteiger partial charge in [-0.1, -0.05) is 208 Å². The lowest BCUT2D eigenvalue weighted by Gasteiger charge is -2.37. The van der Waals surface area contributed by atoms with Crippen molar-refractivity contribution in [2.24, 2.45) is 5.92 Å². The molecule has 0 unspecified atom stereocenters. The first-order valence-corrected chi connectivity index (χ1v) is 29.5. The zero-order valence-corrected chi connectivity index (χ0v) is 46.2. The quantitative estimate of drug-likeness (QED) is 0.0138. The highest BCUT2D eigenvalue weighted by atomic mass is 32.2. The van der Waals surface area contributed by atoms with Gasteiger partial charge in [0.2, 0.25) is 23.6 Å². The van der Waals surface area contributed by atoms with Gasteiger partial charge in [-0.2, -0.15) is 0 Å². The molecule has 0 saturated carbocycles. The van der Waals surface area contributed by atoms with E-state index in [-0.39, 0.29) is 12.2 Å². The summed E-state index contributed by atoms with van der Waals surface area (Å²) >= 11 is 3.12. The smallest absolute Gasteiger partial charge is 0.325 e. The van der Waals surface area contributed by atoms with E-state index < -0.39 is 97.8 Å². The molecule has 4 atom stereocenters. The Kier molecular flexibility index (Phi) is 22.3. The van der Waals surface area contributed by atoms with E-state index in [0.29, 0.717) is 12.2 Å². The van der Waals surface area contributed by atoms with E-state index in [9.17, 15) is 37.5 Å². The number of hydrogen-bond acceptors (Lipinski definition) is 11. The molecule has 0 spiro atoms. The molecular weight excluding hydrogens is 1030 g/mol. The fourth-order valence-electron chi connectivity index (χ4n) is 8.98. The number of amides is 4. The molecule has 0 aliphatic carbocycles. The van der Waals surface area contributed by atoms with Gasteiger partial charge >= 0.3 is 5.97 Å². The summed E-state index contributed by atoms with van der Waals surface area (Å²) in [7, 11) is -2.48. The van der Waals surface area contributed by atoms with Crippen LogP contribution in [0.5, 0.6) is 0 Å². The van der Waals surface area contributed by atoms with Gasteiger partial charge in [0.25, 0.3) is 0 Å². The number of esters is 1. The number of carbonyl (C=O) groups is 5.